The minimum Gasteiger partial charge on any atom is -0.485 e. The quantitative estimate of drug-likeness (QED) is 0.228. The van der Waals surface area contributed by atoms with Gasteiger partial charge in [0.25, 0.3) is 0 Å². The van der Waals surface area contributed by atoms with Crippen LogP contribution in [-0.2, 0) is 0 Å². The molecule has 4 aromatic carbocycles. The van der Waals surface area contributed by atoms with Gasteiger partial charge in [-0.2, -0.15) is 0 Å². The molecule has 3 heteroatoms. The van der Waals surface area contributed by atoms with Crippen molar-refractivity contribution in [1.29, 1.82) is 0 Å². The summed E-state index contributed by atoms with van der Waals surface area (Å²) in [6, 6.07) is 35.7. The Balaban J connectivity index is 1.67. The van der Waals surface area contributed by atoms with Gasteiger partial charge < -0.3 is 4.74 Å². The Morgan fingerprint density at radius 1 is 0.633 bits per heavy atom. The standard InChI is InChI=1S/C27H20BrO2/c28-24-17-9-7-15-22(24)25(29)19-30-26-18-10-8-16-23(26)27(20-11-3-1-4-12-20)21-13-5-2-6-14-21/h1-18H,19H2. The molecule has 0 N–H and O–H groups in total. The van der Waals surface area contributed by atoms with Gasteiger partial charge in [0.15, 0.2) is 6.61 Å². The van der Waals surface area contributed by atoms with E-state index in [0.29, 0.717) is 11.3 Å². The van der Waals surface area contributed by atoms with Crippen LogP contribution in [0.4, 0.5) is 0 Å². The fourth-order valence-corrected chi connectivity index (χ4v) is 3.90. The second-order valence-corrected chi connectivity index (χ2v) is 7.65. The van der Waals surface area contributed by atoms with E-state index >= 15 is 0 Å². The summed E-state index contributed by atoms with van der Waals surface area (Å²) in [7, 11) is 0. The minimum absolute atomic E-state index is 0.0313. The zero-order chi connectivity index (χ0) is 20.8. The number of carbonyl (C=O) groups excluding carboxylic acids is 1. The fraction of sp³-hybridized carbons (Fsp3) is 0.0370. The van der Waals surface area contributed by atoms with Crippen LogP contribution in [0.1, 0.15) is 27.0 Å². The molecule has 0 bridgehead atoms. The van der Waals surface area contributed by atoms with Gasteiger partial charge in [0, 0.05) is 15.6 Å². The first-order valence-corrected chi connectivity index (χ1v) is 10.5. The van der Waals surface area contributed by atoms with Crippen molar-refractivity contribution in [3.8, 4) is 5.75 Å². The molecule has 0 spiro atoms. The van der Waals surface area contributed by atoms with Gasteiger partial charge in [0.1, 0.15) is 5.75 Å². The summed E-state index contributed by atoms with van der Waals surface area (Å²) >= 11 is 3.44. The number of para-hydroxylation sites is 1. The van der Waals surface area contributed by atoms with Crippen molar-refractivity contribution < 1.29 is 9.53 Å². The molecule has 2 nitrogen and oxygen atoms in total. The van der Waals surface area contributed by atoms with Crippen LogP contribution < -0.4 is 4.74 Å². The Morgan fingerprint density at radius 3 is 1.73 bits per heavy atom. The van der Waals surface area contributed by atoms with Crippen molar-refractivity contribution in [1.82, 2.24) is 0 Å². The number of Topliss-reactive ketones (excluding diaryl/α,β-unsaturated/α-hetero) is 1. The lowest BCUT2D eigenvalue weighted by molar-refractivity contribution is 0.0920. The number of hydrogen-bond acceptors (Lipinski definition) is 2. The molecule has 4 rings (SSSR count). The number of benzene rings is 4. The van der Waals surface area contributed by atoms with E-state index in [1.165, 1.54) is 0 Å². The third-order valence-electron chi connectivity index (χ3n) is 4.81. The minimum atomic E-state index is -0.0711. The zero-order valence-electron chi connectivity index (χ0n) is 16.3. The Hall–Kier alpha value is -3.17. The molecule has 1 radical (unpaired) electrons. The number of hydrogen-bond donors (Lipinski definition) is 0. The van der Waals surface area contributed by atoms with Crippen molar-refractivity contribution in [3.63, 3.8) is 0 Å². The van der Waals surface area contributed by atoms with Crippen LogP contribution >= 0.6 is 15.9 Å². The summed E-state index contributed by atoms with van der Waals surface area (Å²) in [5.74, 6) is 1.68. The Bertz CT molecular complexity index is 1080. The van der Waals surface area contributed by atoms with Crippen molar-refractivity contribution in [3.05, 3.63) is 142 Å². The SMILES string of the molecule is O=C(COc1ccccc1[C](c1ccccc1)c1ccccc1)c1ccccc1Br. The van der Waals surface area contributed by atoms with Gasteiger partial charge in [-0.1, -0.05) is 113 Å². The maximum atomic E-state index is 12.7. The molecule has 0 amide bonds. The van der Waals surface area contributed by atoms with E-state index in [2.05, 4.69) is 40.2 Å². The molecule has 0 saturated carbocycles. The average Bonchev–Trinajstić information content (AvgIpc) is 2.80. The summed E-state index contributed by atoms with van der Waals surface area (Å²) < 4.78 is 6.81. The number of halogens is 1. The van der Waals surface area contributed by atoms with Gasteiger partial charge in [0.2, 0.25) is 5.78 Å². The highest BCUT2D eigenvalue weighted by molar-refractivity contribution is 9.10. The van der Waals surface area contributed by atoms with Crippen LogP contribution in [0.25, 0.3) is 0 Å². The molecule has 0 aliphatic rings. The third-order valence-corrected chi connectivity index (χ3v) is 5.51. The van der Waals surface area contributed by atoms with E-state index in [1.54, 1.807) is 6.07 Å². The molecular weight excluding hydrogens is 436 g/mol. The van der Waals surface area contributed by atoms with Gasteiger partial charge in [0.05, 0.1) is 5.92 Å². The van der Waals surface area contributed by atoms with Crippen LogP contribution in [0.3, 0.4) is 0 Å². The molecule has 0 aliphatic carbocycles. The second-order valence-electron chi connectivity index (χ2n) is 6.79. The van der Waals surface area contributed by atoms with Crippen molar-refractivity contribution in [2.45, 2.75) is 0 Å². The summed E-state index contributed by atoms with van der Waals surface area (Å²) in [6.07, 6.45) is 0. The number of ether oxygens (including phenoxy) is 1. The van der Waals surface area contributed by atoms with E-state index in [9.17, 15) is 4.79 Å². The van der Waals surface area contributed by atoms with Crippen LogP contribution in [0, 0.1) is 5.92 Å². The Labute approximate surface area is 185 Å². The van der Waals surface area contributed by atoms with Crippen molar-refractivity contribution >= 4 is 21.7 Å². The first-order chi connectivity index (χ1) is 14.7. The molecule has 147 valence electrons. The van der Waals surface area contributed by atoms with Gasteiger partial charge in [-0.15, -0.1) is 0 Å². The predicted molar refractivity (Wildman–Crippen MR) is 124 cm³/mol. The van der Waals surface area contributed by atoms with Crippen molar-refractivity contribution in [2.24, 2.45) is 0 Å². The molecule has 0 heterocycles. The lowest BCUT2D eigenvalue weighted by Crippen LogP contribution is -2.14. The highest BCUT2D eigenvalue weighted by Gasteiger charge is 2.22. The van der Waals surface area contributed by atoms with Gasteiger partial charge >= 0.3 is 0 Å². The van der Waals surface area contributed by atoms with Gasteiger partial charge in [-0.05, 0) is 23.3 Å². The predicted octanol–water partition coefficient (Wildman–Crippen LogP) is 6.73. The molecule has 0 aliphatic heterocycles. The van der Waals surface area contributed by atoms with E-state index in [0.717, 1.165) is 27.1 Å². The normalized spacial score (nSPS) is 10.7. The van der Waals surface area contributed by atoms with Gasteiger partial charge in [-0.3, -0.25) is 4.79 Å². The highest BCUT2D eigenvalue weighted by atomic mass is 79.9. The summed E-state index contributed by atoms with van der Waals surface area (Å²) in [6.45, 7) is -0.0313. The topological polar surface area (TPSA) is 26.3 Å². The first kappa shape index (κ1) is 20.1. The first-order valence-electron chi connectivity index (χ1n) is 9.72. The van der Waals surface area contributed by atoms with Crippen LogP contribution in [-0.4, -0.2) is 12.4 Å². The lowest BCUT2D eigenvalue weighted by atomic mass is 9.85. The third kappa shape index (κ3) is 4.52. The number of ketones is 1. The lowest BCUT2D eigenvalue weighted by Gasteiger charge is -2.21. The van der Waals surface area contributed by atoms with Crippen LogP contribution in [0.15, 0.2) is 114 Å². The fourth-order valence-electron chi connectivity index (χ4n) is 3.39. The average molecular weight is 456 g/mol. The molecule has 0 fully saturated rings. The largest absolute Gasteiger partial charge is 0.485 e. The van der Waals surface area contributed by atoms with E-state index in [4.69, 9.17) is 4.74 Å². The Kier molecular flexibility index (Phi) is 6.41. The molecular formula is C27H20BrO2. The summed E-state index contributed by atoms with van der Waals surface area (Å²) in [4.78, 5) is 12.7. The molecule has 0 saturated heterocycles. The van der Waals surface area contributed by atoms with E-state index in [1.807, 2.05) is 78.9 Å². The van der Waals surface area contributed by atoms with Crippen LogP contribution in [0.5, 0.6) is 5.75 Å². The van der Waals surface area contributed by atoms with E-state index < -0.39 is 0 Å². The maximum absolute atomic E-state index is 12.7. The second kappa shape index (κ2) is 9.55. The molecule has 4 aromatic rings. The monoisotopic (exact) mass is 455 g/mol. The van der Waals surface area contributed by atoms with Gasteiger partial charge in [-0.25, -0.2) is 0 Å². The summed E-state index contributed by atoms with van der Waals surface area (Å²) in [5, 5.41) is 0. The maximum Gasteiger partial charge on any atom is 0.201 e. The highest BCUT2D eigenvalue weighted by Crippen LogP contribution is 2.36. The molecule has 0 unspecified atom stereocenters. The molecule has 0 atom stereocenters. The van der Waals surface area contributed by atoms with E-state index in [-0.39, 0.29) is 12.4 Å². The van der Waals surface area contributed by atoms with Crippen LogP contribution in [0.2, 0.25) is 0 Å². The molecule has 30 heavy (non-hydrogen) atoms. The Morgan fingerprint density at radius 2 is 1.13 bits per heavy atom. The number of carbonyl (C=O) groups is 1. The summed E-state index contributed by atoms with van der Waals surface area (Å²) in [5.41, 5.74) is 3.76. The molecule has 0 aromatic heterocycles. The van der Waals surface area contributed by atoms with Crippen molar-refractivity contribution in [2.75, 3.05) is 6.61 Å². The smallest absolute Gasteiger partial charge is 0.201 e. The number of rotatable bonds is 7. The zero-order valence-corrected chi connectivity index (χ0v) is 17.9.